The molecule has 0 fully saturated rings. The number of carbonyl (C=O) groups is 1. The van der Waals surface area contributed by atoms with Crippen LogP contribution in [0.5, 0.6) is 5.75 Å². The molecule has 1 aromatic heterocycles. The molecule has 0 bridgehead atoms. The zero-order valence-electron chi connectivity index (χ0n) is 13.8. The van der Waals surface area contributed by atoms with E-state index in [9.17, 15) is 19.8 Å². The summed E-state index contributed by atoms with van der Waals surface area (Å²) >= 11 is 0. The predicted octanol–water partition coefficient (Wildman–Crippen LogP) is 1.49. The first-order valence-electron chi connectivity index (χ1n) is 7.81. The van der Waals surface area contributed by atoms with Crippen molar-refractivity contribution in [2.75, 3.05) is 0 Å². The largest absolute Gasteiger partial charge is 0.508 e. The third-order valence-electron chi connectivity index (χ3n) is 3.93. The molecule has 0 aliphatic heterocycles. The van der Waals surface area contributed by atoms with E-state index in [2.05, 4.69) is 5.32 Å². The van der Waals surface area contributed by atoms with Crippen LogP contribution in [0, 0.1) is 6.92 Å². The zero-order valence-corrected chi connectivity index (χ0v) is 13.8. The number of pyridine rings is 1. The highest BCUT2D eigenvalue weighted by atomic mass is 16.3. The molecule has 3 N–H and O–H groups in total. The first-order chi connectivity index (χ1) is 11.4. The van der Waals surface area contributed by atoms with Gasteiger partial charge >= 0.3 is 0 Å². The van der Waals surface area contributed by atoms with Gasteiger partial charge < -0.3 is 20.1 Å². The number of aliphatic hydroxyl groups is 1. The standard InChI is InChI=1S/C18H22N2O4/c1-12-4-3-5-17(23)20(12)11-10-16(22)19-13(2)18(24)14-6-8-15(21)9-7-14/h3-9,13,18,21,24H,10-11H2,1-2H3,(H,19,22)/t13-,18-/m0/s1. The Labute approximate surface area is 140 Å². The normalized spacial score (nSPS) is 13.3. The summed E-state index contributed by atoms with van der Waals surface area (Å²) < 4.78 is 1.54. The van der Waals surface area contributed by atoms with E-state index in [1.165, 1.54) is 18.2 Å². The molecule has 1 heterocycles. The SMILES string of the molecule is Cc1cccc(=O)n1CCC(=O)N[C@@H](C)[C@H](O)c1ccc(O)cc1. The number of aromatic nitrogens is 1. The summed E-state index contributed by atoms with van der Waals surface area (Å²) in [5.41, 5.74) is 1.27. The Bertz CT molecular complexity index is 752. The number of aliphatic hydroxyl groups excluding tert-OH is 1. The fraction of sp³-hybridized carbons (Fsp3) is 0.333. The van der Waals surface area contributed by atoms with Gasteiger partial charge in [0, 0.05) is 24.7 Å². The van der Waals surface area contributed by atoms with Gasteiger partial charge in [0.15, 0.2) is 0 Å². The van der Waals surface area contributed by atoms with Crippen molar-refractivity contribution in [3.8, 4) is 5.75 Å². The van der Waals surface area contributed by atoms with Crippen molar-refractivity contribution in [2.24, 2.45) is 0 Å². The van der Waals surface area contributed by atoms with Crippen molar-refractivity contribution in [2.45, 2.75) is 39.0 Å². The van der Waals surface area contributed by atoms with Crippen LogP contribution in [0.15, 0.2) is 47.3 Å². The second-order valence-electron chi connectivity index (χ2n) is 5.80. The van der Waals surface area contributed by atoms with Gasteiger partial charge in [0.05, 0.1) is 12.1 Å². The summed E-state index contributed by atoms with van der Waals surface area (Å²) in [6, 6.07) is 10.7. The molecule has 2 atom stereocenters. The molecule has 0 radical (unpaired) electrons. The minimum Gasteiger partial charge on any atom is -0.508 e. The van der Waals surface area contributed by atoms with E-state index in [-0.39, 0.29) is 23.6 Å². The fourth-order valence-corrected chi connectivity index (χ4v) is 2.49. The first-order valence-corrected chi connectivity index (χ1v) is 7.81. The second kappa shape index (κ2) is 7.79. The molecule has 0 saturated carbocycles. The number of benzene rings is 1. The first kappa shape index (κ1) is 17.7. The van der Waals surface area contributed by atoms with Crippen LogP contribution in [0.2, 0.25) is 0 Å². The smallest absolute Gasteiger partial charge is 0.250 e. The molecule has 0 aliphatic carbocycles. The van der Waals surface area contributed by atoms with Gasteiger partial charge in [0.25, 0.3) is 5.56 Å². The number of rotatable bonds is 6. The van der Waals surface area contributed by atoms with E-state index >= 15 is 0 Å². The Morgan fingerprint density at radius 2 is 1.88 bits per heavy atom. The van der Waals surface area contributed by atoms with E-state index in [0.29, 0.717) is 12.1 Å². The van der Waals surface area contributed by atoms with Crippen LogP contribution in [0.25, 0.3) is 0 Å². The highest BCUT2D eigenvalue weighted by Gasteiger charge is 2.18. The van der Waals surface area contributed by atoms with Crippen molar-refractivity contribution in [3.63, 3.8) is 0 Å². The Balaban J connectivity index is 1.92. The van der Waals surface area contributed by atoms with Crippen LogP contribution in [0.3, 0.4) is 0 Å². The summed E-state index contributed by atoms with van der Waals surface area (Å²) in [4.78, 5) is 23.8. The van der Waals surface area contributed by atoms with Crippen molar-refractivity contribution in [1.29, 1.82) is 0 Å². The lowest BCUT2D eigenvalue weighted by Gasteiger charge is -2.21. The summed E-state index contributed by atoms with van der Waals surface area (Å²) in [6.07, 6.45) is -0.729. The van der Waals surface area contributed by atoms with Crippen molar-refractivity contribution in [3.05, 3.63) is 64.1 Å². The van der Waals surface area contributed by atoms with E-state index in [1.807, 2.05) is 13.0 Å². The van der Waals surface area contributed by atoms with Gasteiger partial charge in [-0.25, -0.2) is 0 Å². The number of aryl methyl sites for hydroxylation is 1. The van der Waals surface area contributed by atoms with Crippen LogP contribution in [-0.2, 0) is 11.3 Å². The lowest BCUT2D eigenvalue weighted by molar-refractivity contribution is -0.122. The average Bonchev–Trinajstić information content (AvgIpc) is 2.54. The van der Waals surface area contributed by atoms with Crippen LogP contribution in [0.1, 0.15) is 30.7 Å². The van der Waals surface area contributed by atoms with Crippen molar-refractivity contribution in [1.82, 2.24) is 9.88 Å². The molecule has 0 unspecified atom stereocenters. The molecule has 0 aliphatic rings. The maximum Gasteiger partial charge on any atom is 0.250 e. The number of hydrogen-bond donors (Lipinski definition) is 3. The molecule has 2 rings (SSSR count). The Morgan fingerprint density at radius 3 is 2.50 bits per heavy atom. The van der Waals surface area contributed by atoms with Crippen LogP contribution >= 0.6 is 0 Å². The van der Waals surface area contributed by atoms with Gasteiger partial charge in [-0.2, -0.15) is 0 Å². The Morgan fingerprint density at radius 1 is 1.21 bits per heavy atom. The minimum absolute atomic E-state index is 0.117. The maximum absolute atomic E-state index is 12.1. The van der Waals surface area contributed by atoms with Gasteiger partial charge in [-0.05, 0) is 37.6 Å². The summed E-state index contributed by atoms with van der Waals surface area (Å²) in [5.74, 6) is -0.123. The molecule has 2 aromatic rings. The maximum atomic E-state index is 12.1. The lowest BCUT2D eigenvalue weighted by atomic mass is 10.0. The monoisotopic (exact) mass is 330 g/mol. The molecule has 6 nitrogen and oxygen atoms in total. The number of carbonyl (C=O) groups excluding carboxylic acids is 1. The molecule has 0 saturated heterocycles. The topological polar surface area (TPSA) is 91.6 Å². The molecule has 128 valence electrons. The fourth-order valence-electron chi connectivity index (χ4n) is 2.49. The van der Waals surface area contributed by atoms with Crippen LogP contribution < -0.4 is 10.9 Å². The number of nitrogens with one attached hydrogen (secondary N) is 1. The number of nitrogens with zero attached hydrogens (tertiary/aromatic N) is 1. The van der Waals surface area contributed by atoms with Gasteiger partial charge in [-0.1, -0.05) is 18.2 Å². The number of aromatic hydroxyl groups is 1. The highest BCUT2D eigenvalue weighted by Crippen LogP contribution is 2.19. The lowest BCUT2D eigenvalue weighted by Crippen LogP contribution is -2.38. The van der Waals surface area contributed by atoms with Crippen molar-refractivity contribution < 1.29 is 15.0 Å². The van der Waals surface area contributed by atoms with E-state index in [1.54, 1.807) is 29.7 Å². The summed E-state index contributed by atoms with van der Waals surface area (Å²) in [5, 5.41) is 22.3. The molecule has 1 amide bonds. The molecular formula is C18H22N2O4. The minimum atomic E-state index is -0.879. The summed E-state index contributed by atoms with van der Waals surface area (Å²) in [6.45, 7) is 3.81. The zero-order chi connectivity index (χ0) is 17.7. The van der Waals surface area contributed by atoms with Gasteiger partial charge in [-0.15, -0.1) is 0 Å². The van der Waals surface area contributed by atoms with Crippen LogP contribution in [0.4, 0.5) is 0 Å². The predicted molar refractivity (Wildman–Crippen MR) is 90.7 cm³/mol. The number of phenols is 1. The van der Waals surface area contributed by atoms with E-state index in [4.69, 9.17) is 0 Å². The molecule has 1 aromatic carbocycles. The van der Waals surface area contributed by atoms with E-state index < -0.39 is 12.1 Å². The summed E-state index contributed by atoms with van der Waals surface area (Å²) in [7, 11) is 0. The molecule has 6 heteroatoms. The number of phenolic OH excluding ortho intramolecular Hbond substituents is 1. The quantitative estimate of drug-likeness (QED) is 0.748. The van der Waals surface area contributed by atoms with E-state index in [0.717, 1.165) is 5.69 Å². The number of amides is 1. The highest BCUT2D eigenvalue weighted by molar-refractivity contribution is 5.76. The number of hydrogen-bond acceptors (Lipinski definition) is 4. The van der Waals surface area contributed by atoms with Crippen LogP contribution in [-0.4, -0.2) is 26.7 Å². The van der Waals surface area contributed by atoms with Gasteiger partial charge in [-0.3, -0.25) is 9.59 Å². The van der Waals surface area contributed by atoms with Gasteiger partial charge in [0.1, 0.15) is 5.75 Å². The third-order valence-corrected chi connectivity index (χ3v) is 3.93. The third kappa shape index (κ3) is 4.45. The Hall–Kier alpha value is -2.60. The van der Waals surface area contributed by atoms with Gasteiger partial charge in [0.2, 0.25) is 5.91 Å². The molecule has 24 heavy (non-hydrogen) atoms. The Kier molecular flexibility index (Phi) is 5.76. The molecule has 0 spiro atoms. The molecular weight excluding hydrogens is 308 g/mol. The second-order valence-corrected chi connectivity index (χ2v) is 5.80. The van der Waals surface area contributed by atoms with Crippen molar-refractivity contribution >= 4 is 5.91 Å². The average molecular weight is 330 g/mol.